The van der Waals surface area contributed by atoms with Crippen LogP contribution in [0.15, 0.2) is 18.2 Å². The maximum Gasteiger partial charge on any atom is 0.169 e. The Bertz CT molecular complexity index is 513. The van der Waals surface area contributed by atoms with E-state index < -0.39 is 6.10 Å². The lowest BCUT2D eigenvalue weighted by atomic mass is 9.94. The summed E-state index contributed by atoms with van der Waals surface area (Å²) in [5.41, 5.74) is 1.67. The molecule has 0 saturated heterocycles. The third-order valence-electron chi connectivity index (χ3n) is 3.64. The van der Waals surface area contributed by atoms with Gasteiger partial charge in [-0.25, -0.2) is 0 Å². The number of terminal acetylenes is 1. The predicted octanol–water partition coefficient (Wildman–Crippen LogP) is 2.21. The molecule has 3 heteroatoms. The Kier molecular flexibility index (Phi) is 4.24. The average Bonchev–Trinajstić information content (AvgIpc) is 2.75. The van der Waals surface area contributed by atoms with Gasteiger partial charge in [-0.05, 0) is 43.0 Å². The molecule has 100 valence electrons. The van der Waals surface area contributed by atoms with Crippen molar-refractivity contribution in [3.63, 3.8) is 0 Å². The van der Waals surface area contributed by atoms with E-state index >= 15 is 0 Å². The van der Waals surface area contributed by atoms with Crippen LogP contribution in [0.3, 0.4) is 0 Å². The predicted molar refractivity (Wildman–Crippen MR) is 73.2 cm³/mol. The molecule has 0 amide bonds. The highest BCUT2D eigenvalue weighted by Gasteiger charge is 2.35. The van der Waals surface area contributed by atoms with Crippen LogP contribution in [-0.4, -0.2) is 24.1 Å². The quantitative estimate of drug-likeness (QED) is 0.650. The number of ether oxygens (including phenoxy) is 1. The summed E-state index contributed by atoms with van der Waals surface area (Å²) in [6.07, 6.45) is 7.12. The second-order valence-electron chi connectivity index (χ2n) is 4.86. The summed E-state index contributed by atoms with van der Waals surface area (Å²) >= 11 is 0. The molecule has 1 aliphatic rings. The molecule has 2 atom stereocenters. The van der Waals surface area contributed by atoms with Crippen LogP contribution in [0.1, 0.15) is 35.2 Å². The smallest absolute Gasteiger partial charge is 0.169 e. The molecule has 1 aromatic carbocycles. The lowest BCUT2D eigenvalue weighted by Crippen LogP contribution is -2.25. The van der Waals surface area contributed by atoms with E-state index in [9.17, 15) is 9.90 Å². The second-order valence-corrected chi connectivity index (χ2v) is 4.86. The fourth-order valence-corrected chi connectivity index (χ4v) is 2.56. The summed E-state index contributed by atoms with van der Waals surface area (Å²) in [4.78, 5) is 12.2. The van der Waals surface area contributed by atoms with Gasteiger partial charge < -0.3 is 9.84 Å². The number of aliphatic hydroxyl groups is 1. The van der Waals surface area contributed by atoms with Crippen LogP contribution in [-0.2, 0) is 6.42 Å². The Balaban J connectivity index is 2.08. The molecule has 0 heterocycles. The molecule has 1 aromatic rings. The van der Waals surface area contributed by atoms with Crippen LogP contribution in [0.4, 0.5) is 0 Å². The first-order valence-electron chi connectivity index (χ1n) is 6.50. The highest BCUT2D eigenvalue weighted by molar-refractivity contribution is 6.02. The van der Waals surface area contributed by atoms with Crippen molar-refractivity contribution in [3.8, 4) is 18.1 Å². The number of benzene rings is 1. The summed E-state index contributed by atoms with van der Waals surface area (Å²) in [6.45, 7) is 0. The van der Waals surface area contributed by atoms with E-state index in [4.69, 9.17) is 11.2 Å². The number of carbonyl (C=O) groups excluding carboxylic acids is 1. The maximum atomic E-state index is 12.2. The molecule has 1 N–H and O–H groups in total. The van der Waals surface area contributed by atoms with Crippen molar-refractivity contribution in [2.75, 3.05) is 7.11 Å². The fourth-order valence-electron chi connectivity index (χ4n) is 2.56. The number of hydrogen-bond acceptors (Lipinski definition) is 3. The molecule has 0 aliphatic heterocycles. The van der Waals surface area contributed by atoms with Gasteiger partial charge in [-0.1, -0.05) is 0 Å². The zero-order valence-corrected chi connectivity index (χ0v) is 11.1. The van der Waals surface area contributed by atoms with Crippen molar-refractivity contribution < 1.29 is 14.6 Å². The molecule has 19 heavy (non-hydrogen) atoms. The Labute approximate surface area is 113 Å². The first-order valence-corrected chi connectivity index (χ1v) is 6.50. The molecule has 0 saturated carbocycles. The number of aliphatic hydroxyl groups excluding tert-OH is 1. The Morgan fingerprint density at radius 3 is 3.05 bits per heavy atom. The summed E-state index contributed by atoms with van der Waals surface area (Å²) in [5, 5.41) is 10.1. The monoisotopic (exact) mass is 258 g/mol. The third-order valence-corrected chi connectivity index (χ3v) is 3.64. The van der Waals surface area contributed by atoms with Gasteiger partial charge >= 0.3 is 0 Å². The molecule has 0 radical (unpaired) electrons. The van der Waals surface area contributed by atoms with E-state index in [1.165, 1.54) is 0 Å². The lowest BCUT2D eigenvalue weighted by molar-refractivity contribution is 0.0680. The van der Waals surface area contributed by atoms with Gasteiger partial charge in [0.2, 0.25) is 0 Å². The average molecular weight is 258 g/mol. The molecule has 0 aromatic heterocycles. The summed E-state index contributed by atoms with van der Waals surface area (Å²) in [6, 6.07) is 5.44. The van der Waals surface area contributed by atoms with E-state index in [-0.39, 0.29) is 11.7 Å². The van der Waals surface area contributed by atoms with Crippen LogP contribution in [0.25, 0.3) is 0 Å². The number of fused-ring (bicyclic) bond motifs is 1. The van der Waals surface area contributed by atoms with Crippen LogP contribution in [0.5, 0.6) is 5.75 Å². The number of hydrogen-bond donors (Lipinski definition) is 1. The molecule has 0 bridgehead atoms. The first kappa shape index (κ1) is 13.6. The SMILES string of the molecule is C#CCCCC(O)C1Cc2cc(OC)ccc2C1=O. The fraction of sp³-hybridized carbons (Fsp3) is 0.438. The molecule has 0 spiro atoms. The first-order chi connectivity index (χ1) is 9.17. The Morgan fingerprint density at radius 1 is 1.58 bits per heavy atom. The van der Waals surface area contributed by atoms with Gasteiger partial charge in [-0.2, -0.15) is 0 Å². The number of methoxy groups -OCH3 is 1. The molecule has 0 fully saturated rings. The van der Waals surface area contributed by atoms with Crippen molar-refractivity contribution >= 4 is 5.78 Å². The number of Topliss-reactive ketones (excluding diaryl/α,β-unsaturated/α-hetero) is 1. The topological polar surface area (TPSA) is 46.5 Å². The second kappa shape index (κ2) is 5.90. The minimum atomic E-state index is -0.612. The number of ketones is 1. The molecular formula is C16H18O3. The van der Waals surface area contributed by atoms with E-state index in [2.05, 4.69) is 5.92 Å². The Morgan fingerprint density at radius 2 is 2.37 bits per heavy atom. The van der Waals surface area contributed by atoms with E-state index in [0.29, 0.717) is 24.8 Å². The van der Waals surface area contributed by atoms with Gasteiger partial charge in [0.05, 0.1) is 19.1 Å². The highest BCUT2D eigenvalue weighted by atomic mass is 16.5. The maximum absolute atomic E-state index is 12.2. The van der Waals surface area contributed by atoms with Crippen LogP contribution in [0, 0.1) is 18.3 Å². The molecule has 2 rings (SSSR count). The standard InChI is InChI=1S/C16H18O3/c1-3-4-5-6-15(17)14-10-11-9-12(19-2)7-8-13(11)16(14)18/h1,7-9,14-15,17H,4-6,10H2,2H3. The Hall–Kier alpha value is -1.79. The normalized spacial score (nSPS) is 18.8. The van der Waals surface area contributed by atoms with Gasteiger partial charge in [-0.15, -0.1) is 12.3 Å². The zero-order valence-electron chi connectivity index (χ0n) is 11.1. The van der Waals surface area contributed by atoms with Crippen LogP contribution < -0.4 is 4.74 Å². The number of carbonyl (C=O) groups is 1. The van der Waals surface area contributed by atoms with E-state index in [1.54, 1.807) is 19.2 Å². The van der Waals surface area contributed by atoms with Gasteiger partial charge in [-0.3, -0.25) is 4.79 Å². The lowest BCUT2D eigenvalue weighted by Gasteiger charge is -2.15. The number of unbranched alkanes of at least 4 members (excludes halogenated alkanes) is 1. The van der Waals surface area contributed by atoms with Crippen LogP contribution in [0.2, 0.25) is 0 Å². The largest absolute Gasteiger partial charge is 0.497 e. The third kappa shape index (κ3) is 2.80. The summed E-state index contributed by atoms with van der Waals surface area (Å²) in [7, 11) is 1.60. The molecular weight excluding hydrogens is 240 g/mol. The molecule has 1 aliphatic carbocycles. The van der Waals surface area contributed by atoms with Crippen molar-refractivity contribution in [2.45, 2.75) is 31.8 Å². The number of rotatable bonds is 5. The van der Waals surface area contributed by atoms with Gasteiger partial charge in [0.1, 0.15) is 5.75 Å². The minimum Gasteiger partial charge on any atom is -0.497 e. The van der Waals surface area contributed by atoms with Crippen molar-refractivity contribution in [3.05, 3.63) is 29.3 Å². The molecule has 2 unspecified atom stereocenters. The van der Waals surface area contributed by atoms with Gasteiger partial charge in [0.25, 0.3) is 0 Å². The van der Waals surface area contributed by atoms with Crippen molar-refractivity contribution in [2.24, 2.45) is 5.92 Å². The van der Waals surface area contributed by atoms with Gasteiger partial charge in [0.15, 0.2) is 5.78 Å². The highest BCUT2D eigenvalue weighted by Crippen LogP contribution is 2.32. The zero-order chi connectivity index (χ0) is 13.8. The van der Waals surface area contributed by atoms with Crippen LogP contribution >= 0.6 is 0 Å². The summed E-state index contributed by atoms with van der Waals surface area (Å²) < 4.78 is 5.15. The molecule has 3 nitrogen and oxygen atoms in total. The van der Waals surface area contributed by atoms with Crippen molar-refractivity contribution in [1.82, 2.24) is 0 Å². The van der Waals surface area contributed by atoms with E-state index in [0.717, 1.165) is 17.7 Å². The summed E-state index contributed by atoms with van der Waals surface area (Å²) in [5.74, 6) is 2.99. The van der Waals surface area contributed by atoms with Crippen molar-refractivity contribution in [1.29, 1.82) is 0 Å². The minimum absolute atomic E-state index is 0.0332. The van der Waals surface area contributed by atoms with Gasteiger partial charge in [0, 0.05) is 12.0 Å². The van der Waals surface area contributed by atoms with E-state index in [1.807, 2.05) is 6.07 Å².